The molecule has 0 aromatic heterocycles. The van der Waals surface area contributed by atoms with Crippen LogP contribution in [0.4, 0.5) is 11.4 Å². The number of Topliss-reactive ketones (excluding diaryl/α,β-unsaturated/α-hetero) is 1. The molecule has 0 saturated carbocycles. The molecule has 0 bridgehead atoms. The van der Waals surface area contributed by atoms with Crippen molar-refractivity contribution in [3.63, 3.8) is 0 Å². The standard InChI is InChI=1S/C16H12Cl2N2O5/c1-19-13-5-3-10(7-14(13)20(23)24)16(22)25-8-15(21)9-2-4-11(17)12(18)6-9/h2-7,19H,8H2,1H3. The minimum Gasteiger partial charge on any atom is -0.454 e. The number of nitrogens with one attached hydrogen (secondary N) is 1. The molecule has 0 fully saturated rings. The highest BCUT2D eigenvalue weighted by Crippen LogP contribution is 2.25. The van der Waals surface area contributed by atoms with E-state index >= 15 is 0 Å². The number of ether oxygens (including phenoxy) is 1. The summed E-state index contributed by atoms with van der Waals surface area (Å²) in [4.78, 5) is 34.4. The molecule has 0 aliphatic carbocycles. The SMILES string of the molecule is CNc1ccc(C(=O)OCC(=O)c2ccc(Cl)c(Cl)c2)cc1[N+](=O)[O-]. The van der Waals surface area contributed by atoms with Crippen LogP contribution in [-0.4, -0.2) is 30.3 Å². The molecule has 0 spiro atoms. The fraction of sp³-hybridized carbons (Fsp3) is 0.125. The molecule has 25 heavy (non-hydrogen) atoms. The molecule has 2 aromatic carbocycles. The number of rotatable bonds is 6. The lowest BCUT2D eigenvalue weighted by Crippen LogP contribution is -2.14. The second-order valence-corrected chi connectivity index (χ2v) is 5.68. The first-order valence-electron chi connectivity index (χ1n) is 6.95. The number of hydrogen-bond donors (Lipinski definition) is 1. The van der Waals surface area contributed by atoms with Crippen LogP contribution in [0.15, 0.2) is 36.4 Å². The molecule has 0 aliphatic rings. The van der Waals surface area contributed by atoms with Crippen LogP contribution >= 0.6 is 23.2 Å². The zero-order valence-corrected chi connectivity index (χ0v) is 14.4. The van der Waals surface area contributed by atoms with Crippen molar-refractivity contribution in [1.82, 2.24) is 0 Å². The predicted octanol–water partition coefficient (Wildman–Crippen LogP) is 3.98. The molecule has 9 heteroatoms. The molecule has 2 aromatic rings. The third-order valence-electron chi connectivity index (χ3n) is 3.28. The number of anilines is 1. The van der Waals surface area contributed by atoms with Gasteiger partial charge in [-0.3, -0.25) is 14.9 Å². The average molecular weight is 383 g/mol. The number of carbonyl (C=O) groups is 2. The molecule has 0 amide bonds. The van der Waals surface area contributed by atoms with Crippen LogP contribution < -0.4 is 5.32 Å². The number of nitrogens with zero attached hydrogens (tertiary/aromatic N) is 1. The smallest absolute Gasteiger partial charge is 0.338 e. The van der Waals surface area contributed by atoms with Gasteiger partial charge in [-0.1, -0.05) is 23.2 Å². The van der Waals surface area contributed by atoms with Gasteiger partial charge in [0.1, 0.15) is 5.69 Å². The highest BCUT2D eigenvalue weighted by atomic mass is 35.5. The van der Waals surface area contributed by atoms with Gasteiger partial charge in [0, 0.05) is 18.7 Å². The number of ketones is 1. The number of nitro groups is 1. The van der Waals surface area contributed by atoms with Gasteiger partial charge in [0.25, 0.3) is 5.69 Å². The summed E-state index contributed by atoms with van der Waals surface area (Å²) in [6.07, 6.45) is 0. The van der Waals surface area contributed by atoms with E-state index < -0.39 is 23.3 Å². The van der Waals surface area contributed by atoms with E-state index in [4.69, 9.17) is 27.9 Å². The number of esters is 1. The second-order valence-electron chi connectivity index (χ2n) is 4.87. The molecule has 0 radical (unpaired) electrons. The molecule has 0 saturated heterocycles. The summed E-state index contributed by atoms with van der Waals surface area (Å²) in [7, 11) is 1.52. The molecule has 0 heterocycles. The molecular weight excluding hydrogens is 371 g/mol. The monoisotopic (exact) mass is 382 g/mol. The van der Waals surface area contributed by atoms with Crippen LogP contribution in [-0.2, 0) is 4.74 Å². The van der Waals surface area contributed by atoms with Crippen LogP contribution in [0.3, 0.4) is 0 Å². The van der Waals surface area contributed by atoms with E-state index in [9.17, 15) is 19.7 Å². The molecule has 0 aliphatic heterocycles. The normalized spacial score (nSPS) is 10.2. The van der Waals surface area contributed by atoms with Gasteiger partial charge in [-0.05, 0) is 30.3 Å². The van der Waals surface area contributed by atoms with Crippen molar-refractivity contribution < 1.29 is 19.2 Å². The van der Waals surface area contributed by atoms with Crippen LogP contribution in [0.1, 0.15) is 20.7 Å². The quantitative estimate of drug-likeness (QED) is 0.351. The first-order chi connectivity index (χ1) is 11.8. The Hall–Kier alpha value is -2.64. The van der Waals surface area contributed by atoms with Gasteiger partial charge in [-0.25, -0.2) is 4.79 Å². The lowest BCUT2D eigenvalue weighted by Gasteiger charge is -2.07. The Morgan fingerprint density at radius 1 is 1.12 bits per heavy atom. The topological polar surface area (TPSA) is 98.5 Å². The predicted molar refractivity (Wildman–Crippen MR) is 93.7 cm³/mol. The molecule has 7 nitrogen and oxygen atoms in total. The number of carbonyl (C=O) groups excluding carboxylic acids is 2. The molecule has 2 rings (SSSR count). The molecule has 0 unspecified atom stereocenters. The highest BCUT2D eigenvalue weighted by molar-refractivity contribution is 6.42. The van der Waals surface area contributed by atoms with Gasteiger partial charge >= 0.3 is 5.97 Å². The lowest BCUT2D eigenvalue weighted by molar-refractivity contribution is -0.384. The minimum atomic E-state index is -0.848. The summed E-state index contributed by atoms with van der Waals surface area (Å²) in [5.74, 6) is -1.33. The highest BCUT2D eigenvalue weighted by Gasteiger charge is 2.19. The Morgan fingerprint density at radius 3 is 2.40 bits per heavy atom. The van der Waals surface area contributed by atoms with E-state index in [1.165, 1.54) is 37.4 Å². The zero-order chi connectivity index (χ0) is 18.6. The Bertz CT molecular complexity index is 854. The number of benzene rings is 2. The zero-order valence-electron chi connectivity index (χ0n) is 12.9. The van der Waals surface area contributed by atoms with E-state index in [0.717, 1.165) is 6.07 Å². The van der Waals surface area contributed by atoms with E-state index in [1.54, 1.807) is 0 Å². The van der Waals surface area contributed by atoms with Crippen molar-refractivity contribution in [1.29, 1.82) is 0 Å². The lowest BCUT2D eigenvalue weighted by atomic mass is 10.1. The van der Waals surface area contributed by atoms with Crippen molar-refractivity contribution in [2.24, 2.45) is 0 Å². The summed E-state index contributed by atoms with van der Waals surface area (Å²) in [6, 6.07) is 8.11. The first kappa shape index (κ1) is 18.7. The minimum absolute atomic E-state index is 0.0346. The summed E-state index contributed by atoms with van der Waals surface area (Å²) in [5.41, 5.74) is 0.188. The Balaban J connectivity index is 2.09. The van der Waals surface area contributed by atoms with Crippen molar-refractivity contribution in [3.8, 4) is 0 Å². The van der Waals surface area contributed by atoms with Crippen LogP contribution in [0, 0.1) is 10.1 Å². The van der Waals surface area contributed by atoms with Gasteiger partial charge in [0.05, 0.1) is 20.5 Å². The fourth-order valence-electron chi connectivity index (χ4n) is 1.99. The fourth-order valence-corrected chi connectivity index (χ4v) is 2.29. The third kappa shape index (κ3) is 4.46. The molecule has 0 atom stereocenters. The maximum Gasteiger partial charge on any atom is 0.338 e. The van der Waals surface area contributed by atoms with Gasteiger partial charge in [0.15, 0.2) is 12.4 Å². The van der Waals surface area contributed by atoms with Crippen LogP contribution in [0.5, 0.6) is 0 Å². The van der Waals surface area contributed by atoms with Crippen LogP contribution in [0.2, 0.25) is 10.0 Å². The van der Waals surface area contributed by atoms with Gasteiger partial charge in [-0.2, -0.15) is 0 Å². The maximum atomic E-state index is 12.0. The Kier molecular flexibility index (Phi) is 5.95. The second kappa shape index (κ2) is 7.96. The van der Waals surface area contributed by atoms with Gasteiger partial charge in [0.2, 0.25) is 0 Å². The van der Waals surface area contributed by atoms with Crippen molar-refractivity contribution in [2.45, 2.75) is 0 Å². The first-order valence-corrected chi connectivity index (χ1v) is 7.70. The van der Waals surface area contributed by atoms with Crippen molar-refractivity contribution in [3.05, 3.63) is 67.7 Å². The Labute approximate surface area is 152 Å². The summed E-state index contributed by atoms with van der Waals surface area (Å²) >= 11 is 11.6. The van der Waals surface area contributed by atoms with E-state index in [1.807, 2.05) is 0 Å². The van der Waals surface area contributed by atoms with Crippen molar-refractivity contribution in [2.75, 3.05) is 19.0 Å². The van der Waals surface area contributed by atoms with Crippen LogP contribution in [0.25, 0.3) is 0 Å². The molecular formula is C16H12Cl2N2O5. The van der Waals surface area contributed by atoms with Crippen molar-refractivity contribution >= 4 is 46.3 Å². The number of halogens is 2. The van der Waals surface area contributed by atoms with Gasteiger partial charge < -0.3 is 10.1 Å². The molecule has 130 valence electrons. The van der Waals surface area contributed by atoms with E-state index in [-0.39, 0.29) is 27.5 Å². The largest absolute Gasteiger partial charge is 0.454 e. The summed E-state index contributed by atoms with van der Waals surface area (Å²) < 4.78 is 4.92. The number of nitro benzene ring substituents is 1. The third-order valence-corrected chi connectivity index (χ3v) is 4.01. The Morgan fingerprint density at radius 2 is 1.80 bits per heavy atom. The average Bonchev–Trinajstić information content (AvgIpc) is 2.60. The molecule has 1 N–H and O–H groups in total. The van der Waals surface area contributed by atoms with Gasteiger partial charge in [-0.15, -0.1) is 0 Å². The van der Waals surface area contributed by atoms with E-state index in [0.29, 0.717) is 5.02 Å². The van der Waals surface area contributed by atoms with E-state index in [2.05, 4.69) is 5.32 Å². The number of hydrogen-bond acceptors (Lipinski definition) is 6. The maximum absolute atomic E-state index is 12.0. The summed E-state index contributed by atoms with van der Waals surface area (Å²) in [6.45, 7) is -0.529. The summed E-state index contributed by atoms with van der Waals surface area (Å²) in [5, 5.41) is 14.2.